The zero-order chi connectivity index (χ0) is 22.7. The molecule has 2 atom stereocenters. The molecule has 170 valence electrons. The van der Waals surface area contributed by atoms with E-state index in [1.54, 1.807) is 18.2 Å². The largest absolute Gasteiger partial charge is 0.392 e. The number of benzene rings is 2. The summed E-state index contributed by atoms with van der Waals surface area (Å²) in [6, 6.07) is 13.8. The molecule has 3 saturated heterocycles. The molecule has 0 bridgehead atoms. The van der Waals surface area contributed by atoms with E-state index in [9.17, 15) is 19.1 Å². The van der Waals surface area contributed by atoms with Crippen molar-refractivity contribution in [1.29, 1.82) is 0 Å². The lowest BCUT2D eigenvalue weighted by molar-refractivity contribution is -0.181. The first-order valence-electron chi connectivity index (χ1n) is 11.3. The average molecular weight is 448 g/mol. The lowest BCUT2D eigenvalue weighted by Gasteiger charge is -2.58. The van der Waals surface area contributed by atoms with Crippen molar-refractivity contribution in [3.63, 3.8) is 0 Å². The van der Waals surface area contributed by atoms with Crippen LogP contribution in [0.4, 0.5) is 4.39 Å². The first-order valence-corrected chi connectivity index (χ1v) is 11.3. The minimum atomic E-state index is -0.868. The summed E-state index contributed by atoms with van der Waals surface area (Å²) in [5.74, 6) is -1.08. The van der Waals surface area contributed by atoms with Gasteiger partial charge in [0.2, 0.25) is 5.91 Å². The Morgan fingerprint density at radius 3 is 2.61 bits per heavy atom. The second kappa shape index (κ2) is 7.48. The van der Waals surface area contributed by atoms with E-state index in [0.29, 0.717) is 38.2 Å². The van der Waals surface area contributed by atoms with Crippen LogP contribution in [0.2, 0.25) is 0 Å². The highest BCUT2D eigenvalue weighted by Gasteiger charge is 2.64. The Morgan fingerprint density at radius 1 is 1.03 bits per heavy atom. The van der Waals surface area contributed by atoms with E-state index < -0.39 is 23.5 Å². The van der Waals surface area contributed by atoms with Gasteiger partial charge in [-0.1, -0.05) is 36.4 Å². The number of piperazine rings is 1. The van der Waals surface area contributed by atoms with E-state index >= 15 is 0 Å². The van der Waals surface area contributed by atoms with Gasteiger partial charge in [-0.15, -0.1) is 0 Å². The SMILES string of the molecule is O=C1[C@@H]2C[C@@H](O)CN2C2(CN(Cc3c[nH]c4ccccc34)C2)C(=O)N1Cc1ccccc1F. The van der Waals surface area contributed by atoms with Crippen LogP contribution in [0, 0.1) is 5.82 Å². The van der Waals surface area contributed by atoms with Crippen LogP contribution in [0.5, 0.6) is 0 Å². The van der Waals surface area contributed by atoms with Crippen LogP contribution in [0.3, 0.4) is 0 Å². The molecule has 7 nitrogen and oxygen atoms in total. The third kappa shape index (κ3) is 3.13. The molecule has 1 spiro atoms. The minimum absolute atomic E-state index is 0.0883. The summed E-state index contributed by atoms with van der Waals surface area (Å²) in [6.45, 7) is 1.83. The fourth-order valence-corrected chi connectivity index (χ4v) is 5.75. The van der Waals surface area contributed by atoms with E-state index in [1.807, 2.05) is 29.3 Å². The van der Waals surface area contributed by atoms with Crippen LogP contribution in [-0.2, 0) is 22.7 Å². The van der Waals surface area contributed by atoms with Gasteiger partial charge in [-0.05, 0) is 24.1 Å². The number of aromatic nitrogens is 1. The minimum Gasteiger partial charge on any atom is -0.392 e. The van der Waals surface area contributed by atoms with Gasteiger partial charge >= 0.3 is 0 Å². The van der Waals surface area contributed by atoms with E-state index in [-0.39, 0.29) is 18.4 Å². The number of nitrogens with one attached hydrogen (secondary N) is 1. The van der Waals surface area contributed by atoms with Crippen molar-refractivity contribution in [3.8, 4) is 0 Å². The summed E-state index contributed by atoms with van der Waals surface area (Å²) in [4.78, 5) is 35.5. The molecule has 1 aromatic heterocycles. The molecule has 2 N–H and O–H groups in total. The molecular weight excluding hydrogens is 423 g/mol. The number of para-hydroxylation sites is 1. The molecule has 33 heavy (non-hydrogen) atoms. The topological polar surface area (TPSA) is 79.9 Å². The standard InChI is InChI=1S/C25H25FN4O3/c26-20-7-3-1-5-16(20)12-29-23(32)22-9-18(31)13-30(22)25(24(29)33)14-28(15-25)11-17-10-27-21-8-4-2-6-19(17)21/h1-8,10,18,22,27,31H,9,11-15H2/t18-,22+/m1/s1. The number of hydrogen-bond acceptors (Lipinski definition) is 5. The highest BCUT2D eigenvalue weighted by Crippen LogP contribution is 2.41. The summed E-state index contributed by atoms with van der Waals surface area (Å²) in [6.07, 6.45) is 1.64. The number of halogens is 1. The fraction of sp³-hybridized carbons (Fsp3) is 0.360. The summed E-state index contributed by atoms with van der Waals surface area (Å²) < 4.78 is 14.3. The summed E-state index contributed by atoms with van der Waals surface area (Å²) in [7, 11) is 0. The van der Waals surface area contributed by atoms with E-state index in [2.05, 4.69) is 16.0 Å². The number of nitrogens with zero attached hydrogens (tertiary/aromatic N) is 3. The van der Waals surface area contributed by atoms with E-state index in [1.165, 1.54) is 11.0 Å². The third-order valence-corrected chi connectivity index (χ3v) is 7.35. The molecule has 0 unspecified atom stereocenters. The van der Waals surface area contributed by atoms with Gasteiger partial charge in [-0.3, -0.25) is 24.3 Å². The second-order valence-corrected chi connectivity index (χ2v) is 9.41. The number of aliphatic hydroxyl groups is 1. The smallest absolute Gasteiger partial charge is 0.252 e. The third-order valence-electron chi connectivity index (χ3n) is 7.35. The van der Waals surface area contributed by atoms with Crippen molar-refractivity contribution in [2.75, 3.05) is 19.6 Å². The van der Waals surface area contributed by atoms with Crippen LogP contribution in [-0.4, -0.2) is 73.9 Å². The fourth-order valence-electron chi connectivity index (χ4n) is 5.75. The van der Waals surface area contributed by atoms with Gasteiger partial charge in [0.15, 0.2) is 0 Å². The van der Waals surface area contributed by atoms with Crippen LogP contribution in [0.1, 0.15) is 17.5 Å². The molecule has 2 amide bonds. The Bertz CT molecular complexity index is 1250. The maximum absolute atomic E-state index is 14.3. The zero-order valence-electron chi connectivity index (χ0n) is 18.1. The van der Waals surface area contributed by atoms with Gasteiger partial charge < -0.3 is 10.1 Å². The Labute approximate surface area is 190 Å². The van der Waals surface area contributed by atoms with Gasteiger partial charge in [0, 0.05) is 48.8 Å². The molecular formula is C25H25FN4O3. The van der Waals surface area contributed by atoms with Crippen molar-refractivity contribution in [3.05, 3.63) is 71.7 Å². The summed E-state index contributed by atoms with van der Waals surface area (Å²) >= 11 is 0. The predicted octanol–water partition coefficient (Wildman–Crippen LogP) is 1.87. The van der Waals surface area contributed by atoms with Crippen LogP contribution in [0.25, 0.3) is 10.9 Å². The van der Waals surface area contributed by atoms with Crippen LogP contribution in [0.15, 0.2) is 54.7 Å². The first-order chi connectivity index (χ1) is 16.0. The van der Waals surface area contributed by atoms with Crippen molar-refractivity contribution < 1.29 is 19.1 Å². The van der Waals surface area contributed by atoms with Crippen molar-refractivity contribution >= 4 is 22.7 Å². The van der Waals surface area contributed by atoms with Gasteiger partial charge in [0.25, 0.3) is 5.91 Å². The van der Waals surface area contributed by atoms with Crippen LogP contribution >= 0.6 is 0 Å². The molecule has 3 fully saturated rings. The number of hydrogen-bond donors (Lipinski definition) is 2. The molecule has 2 aromatic carbocycles. The van der Waals surface area contributed by atoms with Crippen molar-refractivity contribution in [2.45, 2.75) is 37.2 Å². The number of H-pyrrole nitrogens is 1. The summed E-state index contributed by atoms with van der Waals surface area (Å²) in [5.41, 5.74) is 1.67. The number of aromatic amines is 1. The van der Waals surface area contributed by atoms with Crippen LogP contribution < -0.4 is 0 Å². The van der Waals surface area contributed by atoms with Gasteiger partial charge in [0.05, 0.1) is 18.7 Å². The maximum atomic E-state index is 14.3. The number of β-amino-alcohol motifs (C(OH)–C–C–N with tert-alkyl or cyclic N) is 1. The summed E-state index contributed by atoms with van der Waals surface area (Å²) in [5, 5.41) is 11.5. The number of carbonyl (C=O) groups excluding carboxylic acids is 2. The molecule has 0 saturated carbocycles. The molecule has 4 heterocycles. The quantitative estimate of drug-likeness (QED) is 0.596. The second-order valence-electron chi connectivity index (χ2n) is 9.41. The zero-order valence-corrected chi connectivity index (χ0v) is 18.1. The lowest BCUT2D eigenvalue weighted by atomic mass is 9.82. The van der Waals surface area contributed by atoms with Crippen molar-refractivity contribution in [2.24, 2.45) is 0 Å². The number of imide groups is 1. The Kier molecular flexibility index (Phi) is 4.65. The normalized spacial score (nSPS) is 25.1. The lowest BCUT2D eigenvalue weighted by Crippen LogP contribution is -2.81. The number of aliphatic hydroxyl groups excluding tert-OH is 1. The number of rotatable bonds is 4. The maximum Gasteiger partial charge on any atom is 0.252 e. The first kappa shape index (κ1) is 20.5. The molecule has 8 heteroatoms. The number of carbonyl (C=O) groups is 2. The molecule has 6 rings (SSSR count). The number of likely N-dealkylation sites (tertiary alicyclic amines) is 1. The highest BCUT2D eigenvalue weighted by molar-refractivity contribution is 6.06. The van der Waals surface area contributed by atoms with Gasteiger partial charge in [0.1, 0.15) is 11.4 Å². The van der Waals surface area contributed by atoms with E-state index in [4.69, 9.17) is 0 Å². The number of fused-ring (bicyclic) bond motifs is 3. The Hall–Kier alpha value is -3.07. The van der Waals surface area contributed by atoms with E-state index in [0.717, 1.165) is 16.5 Å². The monoisotopic (exact) mass is 448 g/mol. The number of amides is 2. The Balaban J connectivity index is 1.27. The molecule has 0 aliphatic carbocycles. The molecule has 3 aromatic rings. The average Bonchev–Trinajstić information content (AvgIpc) is 3.38. The highest BCUT2D eigenvalue weighted by atomic mass is 19.1. The molecule has 3 aliphatic rings. The Morgan fingerprint density at radius 2 is 1.79 bits per heavy atom. The van der Waals surface area contributed by atoms with Gasteiger partial charge in [-0.2, -0.15) is 0 Å². The predicted molar refractivity (Wildman–Crippen MR) is 119 cm³/mol. The van der Waals surface area contributed by atoms with Crippen molar-refractivity contribution in [1.82, 2.24) is 19.7 Å². The van der Waals surface area contributed by atoms with Gasteiger partial charge in [-0.25, -0.2) is 4.39 Å². The molecule has 0 radical (unpaired) electrons. The molecule has 3 aliphatic heterocycles.